The molecule has 106 valence electrons. The Morgan fingerprint density at radius 1 is 1.25 bits per heavy atom. The quantitative estimate of drug-likeness (QED) is 0.625. The second-order valence-electron chi connectivity index (χ2n) is 4.28. The first-order valence-electron chi connectivity index (χ1n) is 6.41. The lowest BCUT2D eigenvalue weighted by molar-refractivity contribution is -0.118. The van der Waals surface area contributed by atoms with Gasteiger partial charge in [-0.1, -0.05) is 11.6 Å². The summed E-state index contributed by atoms with van der Waals surface area (Å²) in [6.45, 7) is 0.667. The van der Waals surface area contributed by atoms with E-state index in [0.29, 0.717) is 17.3 Å². The van der Waals surface area contributed by atoms with Crippen LogP contribution in [0, 0.1) is 0 Å². The van der Waals surface area contributed by atoms with E-state index >= 15 is 0 Å². The number of furan rings is 1. The Balaban J connectivity index is 1.59. The number of rotatable bonds is 7. The molecular weight excluding hydrogens is 294 g/mol. The summed E-state index contributed by atoms with van der Waals surface area (Å²) in [6.07, 6.45) is 3.39. The molecule has 1 amide bonds. The molecule has 0 unspecified atom stereocenters. The lowest BCUT2D eigenvalue weighted by Gasteiger charge is -2.04. The van der Waals surface area contributed by atoms with Gasteiger partial charge in [0.05, 0.1) is 12.0 Å². The van der Waals surface area contributed by atoms with Crippen molar-refractivity contribution in [2.75, 3.05) is 12.3 Å². The fraction of sp³-hybridized carbons (Fsp3) is 0.267. The maximum atomic E-state index is 11.7. The van der Waals surface area contributed by atoms with Gasteiger partial charge >= 0.3 is 0 Å². The van der Waals surface area contributed by atoms with Crippen LogP contribution in [0.3, 0.4) is 0 Å². The summed E-state index contributed by atoms with van der Waals surface area (Å²) >= 11 is 7.31. The first-order chi connectivity index (χ1) is 9.74. The average molecular weight is 310 g/mol. The number of carbonyl (C=O) groups excluding carboxylic acids is 1. The number of aryl methyl sites for hydroxylation is 1. The fourth-order valence-electron chi connectivity index (χ4n) is 1.68. The molecule has 20 heavy (non-hydrogen) atoms. The molecule has 0 aliphatic heterocycles. The normalized spacial score (nSPS) is 10.4. The molecule has 1 N–H and O–H groups in total. The van der Waals surface area contributed by atoms with Crippen molar-refractivity contribution in [1.82, 2.24) is 5.32 Å². The molecule has 2 aromatic rings. The summed E-state index contributed by atoms with van der Waals surface area (Å²) in [5.41, 5.74) is 0. The first kappa shape index (κ1) is 15.0. The van der Waals surface area contributed by atoms with Gasteiger partial charge in [0.25, 0.3) is 0 Å². The van der Waals surface area contributed by atoms with Crippen molar-refractivity contribution in [1.29, 1.82) is 0 Å². The van der Waals surface area contributed by atoms with Gasteiger partial charge in [0, 0.05) is 22.9 Å². The van der Waals surface area contributed by atoms with E-state index < -0.39 is 0 Å². The Morgan fingerprint density at radius 3 is 2.75 bits per heavy atom. The largest absolute Gasteiger partial charge is 0.469 e. The molecule has 5 heteroatoms. The minimum absolute atomic E-state index is 0.0457. The molecule has 0 fully saturated rings. The van der Waals surface area contributed by atoms with Crippen LogP contribution < -0.4 is 5.32 Å². The van der Waals surface area contributed by atoms with Gasteiger partial charge < -0.3 is 9.73 Å². The van der Waals surface area contributed by atoms with Crippen molar-refractivity contribution in [3.05, 3.63) is 53.4 Å². The summed E-state index contributed by atoms with van der Waals surface area (Å²) < 4.78 is 5.23. The molecular formula is C15H16ClNO2S. The van der Waals surface area contributed by atoms with Crippen LogP contribution in [0.5, 0.6) is 0 Å². The van der Waals surface area contributed by atoms with E-state index in [9.17, 15) is 4.79 Å². The van der Waals surface area contributed by atoms with Crippen LogP contribution in [-0.4, -0.2) is 18.2 Å². The minimum Gasteiger partial charge on any atom is -0.469 e. The maximum Gasteiger partial charge on any atom is 0.230 e. The smallest absolute Gasteiger partial charge is 0.230 e. The highest BCUT2D eigenvalue weighted by atomic mass is 35.5. The van der Waals surface area contributed by atoms with Crippen molar-refractivity contribution >= 4 is 29.3 Å². The Kier molecular flexibility index (Phi) is 6.02. The number of benzene rings is 1. The van der Waals surface area contributed by atoms with Gasteiger partial charge in [-0.05, 0) is 42.8 Å². The van der Waals surface area contributed by atoms with Crippen molar-refractivity contribution in [3.63, 3.8) is 0 Å². The van der Waals surface area contributed by atoms with Crippen molar-refractivity contribution in [3.8, 4) is 0 Å². The number of nitrogens with one attached hydrogen (secondary N) is 1. The van der Waals surface area contributed by atoms with Crippen LogP contribution in [0.4, 0.5) is 0 Å². The highest BCUT2D eigenvalue weighted by Crippen LogP contribution is 2.19. The molecule has 0 saturated carbocycles. The van der Waals surface area contributed by atoms with Crippen LogP contribution >= 0.6 is 23.4 Å². The Labute approximate surface area is 127 Å². The van der Waals surface area contributed by atoms with Gasteiger partial charge in [0.2, 0.25) is 5.91 Å². The third-order valence-electron chi connectivity index (χ3n) is 2.69. The fourth-order valence-corrected chi connectivity index (χ4v) is 2.53. The predicted octanol–water partition coefficient (Wildman–Crippen LogP) is 3.77. The minimum atomic E-state index is 0.0457. The summed E-state index contributed by atoms with van der Waals surface area (Å²) in [6, 6.07) is 11.3. The number of amides is 1. The number of carbonyl (C=O) groups is 1. The topological polar surface area (TPSA) is 42.2 Å². The molecule has 1 aromatic heterocycles. The van der Waals surface area contributed by atoms with E-state index in [0.717, 1.165) is 23.5 Å². The van der Waals surface area contributed by atoms with Crippen LogP contribution in [0.1, 0.15) is 12.2 Å². The van der Waals surface area contributed by atoms with Gasteiger partial charge in [0.1, 0.15) is 5.76 Å². The van der Waals surface area contributed by atoms with E-state index in [1.807, 2.05) is 36.4 Å². The van der Waals surface area contributed by atoms with E-state index in [-0.39, 0.29) is 5.91 Å². The van der Waals surface area contributed by atoms with Gasteiger partial charge in [-0.2, -0.15) is 0 Å². The third-order valence-corrected chi connectivity index (χ3v) is 3.95. The third kappa shape index (κ3) is 5.31. The predicted molar refractivity (Wildman–Crippen MR) is 82.2 cm³/mol. The second kappa shape index (κ2) is 8.02. The van der Waals surface area contributed by atoms with Gasteiger partial charge in [-0.3, -0.25) is 4.79 Å². The number of hydrogen-bond donors (Lipinski definition) is 1. The average Bonchev–Trinajstić information content (AvgIpc) is 2.96. The molecule has 1 aromatic carbocycles. The number of thioether (sulfide) groups is 1. The Hall–Kier alpha value is -1.39. The van der Waals surface area contributed by atoms with Crippen LogP contribution in [0.2, 0.25) is 5.02 Å². The highest BCUT2D eigenvalue weighted by Gasteiger charge is 2.03. The first-order valence-corrected chi connectivity index (χ1v) is 7.78. The van der Waals surface area contributed by atoms with Crippen molar-refractivity contribution in [2.45, 2.75) is 17.7 Å². The molecule has 1 heterocycles. The van der Waals surface area contributed by atoms with Gasteiger partial charge in [0.15, 0.2) is 0 Å². The number of halogens is 1. The van der Waals surface area contributed by atoms with Gasteiger partial charge in [-0.15, -0.1) is 11.8 Å². The zero-order chi connectivity index (χ0) is 14.2. The lowest BCUT2D eigenvalue weighted by atomic mass is 10.2. The second-order valence-corrected chi connectivity index (χ2v) is 5.76. The zero-order valence-corrected chi connectivity index (χ0v) is 12.5. The molecule has 0 atom stereocenters. The maximum absolute atomic E-state index is 11.7. The van der Waals surface area contributed by atoms with E-state index in [1.165, 1.54) is 11.8 Å². The molecule has 2 rings (SSSR count). The van der Waals surface area contributed by atoms with Gasteiger partial charge in [-0.25, -0.2) is 0 Å². The Morgan fingerprint density at radius 2 is 2.05 bits per heavy atom. The molecule has 0 spiro atoms. The lowest BCUT2D eigenvalue weighted by Crippen LogP contribution is -2.26. The molecule has 0 bridgehead atoms. The molecule has 0 aliphatic rings. The summed E-state index contributed by atoms with van der Waals surface area (Å²) in [4.78, 5) is 12.7. The monoisotopic (exact) mass is 309 g/mol. The Bertz CT molecular complexity index is 525. The molecule has 0 radical (unpaired) electrons. The van der Waals surface area contributed by atoms with E-state index in [4.69, 9.17) is 16.0 Å². The summed E-state index contributed by atoms with van der Waals surface area (Å²) in [7, 11) is 0. The van der Waals surface area contributed by atoms with Crippen LogP contribution in [0.15, 0.2) is 52.0 Å². The highest BCUT2D eigenvalue weighted by molar-refractivity contribution is 8.00. The molecule has 0 aliphatic carbocycles. The van der Waals surface area contributed by atoms with Crippen LogP contribution in [-0.2, 0) is 11.2 Å². The van der Waals surface area contributed by atoms with E-state index in [1.54, 1.807) is 6.26 Å². The summed E-state index contributed by atoms with van der Waals surface area (Å²) in [5, 5.41) is 3.60. The van der Waals surface area contributed by atoms with Crippen molar-refractivity contribution < 1.29 is 9.21 Å². The standard InChI is InChI=1S/C15H16ClNO2S/c16-12-5-7-14(8-6-12)20-11-15(18)17-9-1-3-13-4-2-10-19-13/h2,4-8,10H,1,3,9,11H2,(H,17,18). The van der Waals surface area contributed by atoms with Crippen molar-refractivity contribution in [2.24, 2.45) is 0 Å². The zero-order valence-electron chi connectivity index (χ0n) is 11.0. The summed E-state index contributed by atoms with van der Waals surface area (Å²) in [5.74, 6) is 1.42. The SMILES string of the molecule is O=C(CSc1ccc(Cl)cc1)NCCCc1ccco1. The molecule has 0 saturated heterocycles. The molecule has 3 nitrogen and oxygen atoms in total. The number of hydrogen-bond acceptors (Lipinski definition) is 3. The van der Waals surface area contributed by atoms with E-state index in [2.05, 4.69) is 5.32 Å². The van der Waals surface area contributed by atoms with Crippen LogP contribution in [0.25, 0.3) is 0 Å².